The summed E-state index contributed by atoms with van der Waals surface area (Å²) >= 11 is 6.87. The van der Waals surface area contributed by atoms with Crippen molar-refractivity contribution in [3.8, 4) is 0 Å². The minimum absolute atomic E-state index is 0.453. The van der Waals surface area contributed by atoms with Crippen molar-refractivity contribution in [1.82, 2.24) is 9.97 Å². The smallest absolute Gasteiger partial charge is 0.106 e. The van der Waals surface area contributed by atoms with Crippen LogP contribution >= 0.6 is 31.9 Å². The highest BCUT2D eigenvalue weighted by Crippen LogP contribution is 2.28. The first kappa shape index (κ1) is 19.5. The van der Waals surface area contributed by atoms with Crippen LogP contribution in [0.4, 0.5) is 0 Å². The summed E-state index contributed by atoms with van der Waals surface area (Å²) in [6.07, 6.45) is 0. The van der Waals surface area contributed by atoms with Crippen LogP contribution in [0.2, 0.25) is 0 Å². The zero-order valence-electron chi connectivity index (χ0n) is 14.6. The van der Waals surface area contributed by atoms with Crippen molar-refractivity contribution in [3.05, 3.63) is 56.5 Å². The van der Waals surface area contributed by atoms with Crippen molar-refractivity contribution in [3.63, 3.8) is 0 Å². The Labute approximate surface area is 160 Å². The lowest BCUT2D eigenvalue weighted by Gasteiger charge is -2.26. The summed E-state index contributed by atoms with van der Waals surface area (Å²) in [5.74, 6) is 0. The molecule has 0 saturated heterocycles. The van der Waals surface area contributed by atoms with E-state index in [1.165, 1.54) is 0 Å². The molecule has 0 fully saturated rings. The quantitative estimate of drug-likeness (QED) is 0.549. The van der Waals surface area contributed by atoms with Crippen LogP contribution in [0.3, 0.4) is 0 Å². The third-order valence-electron chi connectivity index (χ3n) is 3.91. The van der Waals surface area contributed by atoms with Crippen LogP contribution in [0, 0.1) is 0 Å². The molecule has 2 aromatic heterocycles. The number of pyridine rings is 2. The maximum Gasteiger partial charge on any atom is 0.106 e. The number of rotatable bonds is 6. The molecule has 0 N–H and O–H groups in total. The number of ether oxygens (including phenoxy) is 2. The fourth-order valence-electron chi connectivity index (χ4n) is 2.13. The largest absolute Gasteiger partial charge is 0.373 e. The van der Waals surface area contributed by atoms with Gasteiger partial charge in [0.1, 0.15) is 20.4 Å². The molecule has 6 heteroatoms. The topological polar surface area (TPSA) is 44.2 Å². The minimum atomic E-state index is -0.504. The third-order valence-corrected chi connectivity index (χ3v) is 4.76. The molecule has 4 nitrogen and oxygen atoms in total. The molecule has 2 aromatic rings. The molecule has 0 amide bonds. The Kier molecular flexibility index (Phi) is 6.18. The van der Waals surface area contributed by atoms with E-state index >= 15 is 0 Å². The number of aromatic nitrogens is 2. The molecule has 2 rings (SSSR count). The van der Waals surface area contributed by atoms with Gasteiger partial charge in [0.2, 0.25) is 0 Å². The summed E-state index contributed by atoms with van der Waals surface area (Å²) < 4.78 is 13.2. The van der Waals surface area contributed by atoms with Gasteiger partial charge < -0.3 is 9.47 Å². The molecule has 0 spiro atoms. The lowest BCUT2D eigenvalue weighted by atomic mass is 10.0. The summed E-state index contributed by atoms with van der Waals surface area (Å²) in [4.78, 5) is 9.00. The van der Waals surface area contributed by atoms with Crippen LogP contribution in [-0.4, -0.2) is 17.1 Å². The van der Waals surface area contributed by atoms with E-state index in [1.54, 1.807) is 7.11 Å². The molecule has 0 bridgehead atoms. The van der Waals surface area contributed by atoms with E-state index in [0.29, 0.717) is 6.61 Å². The molecular weight excluding hydrogens is 436 g/mol. The first-order chi connectivity index (χ1) is 11.1. The van der Waals surface area contributed by atoms with E-state index in [9.17, 15) is 0 Å². The second-order valence-corrected chi connectivity index (χ2v) is 8.17. The van der Waals surface area contributed by atoms with Gasteiger partial charge in [0.25, 0.3) is 0 Å². The van der Waals surface area contributed by atoms with Crippen LogP contribution in [0.25, 0.3) is 0 Å². The Morgan fingerprint density at radius 3 is 2.21 bits per heavy atom. The lowest BCUT2D eigenvalue weighted by molar-refractivity contribution is -0.0371. The molecule has 0 unspecified atom stereocenters. The second kappa shape index (κ2) is 7.60. The van der Waals surface area contributed by atoms with Gasteiger partial charge in [0.15, 0.2) is 0 Å². The fourth-order valence-corrected chi connectivity index (χ4v) is 2.96. The van der Waals surface area contributed by atoms with Gasteiger partial charge in [-0.05, 0) is 89.4 Å². The van der Waals surface area contributed by atoms with Crippen LogP contribution in [-0.2, 0) is 27.3 Å². The molecule has 0 aliphatic heterocycles. The predicted molar refractivity (Wildman–Crippen MR) is 102 cm³/mol. The van der Waals surface area contributed by atoms with Gasteiger partial charge in [-0.3, -0.25) is 0 Å². The highest BCUT2D eigenvalue weighted by Gasteiger charge is 2.25. The highest BCUT2D eigenvalue weighted by molar-refractivity contribution is 9.10. The monoisotopic (exact) mass is 456 g/mol. The zero-order chi connectivity index (χ0) is 18.0. The number of methoxy groups -OCH3 is 1. The van der Waals surface area contributed by atoms with Crippen molar-refractivity contribution in [2.45, 2.75) is 45.5 Å². The predicted octanol–water partition coefficient (Wildman–Crippen LogP) is 5.34. The summed E-state index contributed by atoms with van der Waals surface area (Å²) in [7, 11) is 1.68. The van der Waals surface area contributed by atoms with Crippen molar-refractivity contribution in [1.29, 1.82) is 0 Å². The molecule has 0 aliphatic rings. The standard InChI is InChI=1S/C18H22Br2N2O2/c1-17(2,23-5)14-9-12(10-16(20)22-14)11-24-18(3,4)13-7-6-8-15(19)21-13/h6-10H,11H2,1-5H3. The number of halogens is 2. The van der Waals surface area contributed by atoms with E-state index in [0.717, 1.165) is 26.2 Å². The van der Waals surface area contributed by atoms with E-state index < -0.39 is 11.2 Å². The molecular formula is C18H22Br2N2O2. The first-order valence-corrected chi connectivity index (χ1v) is 9.22. The van der Waals surface area contributed by atoms with Gasteiger partial charge in [-0.2, -0.15) is 0 Å². The minimum Gasteiger partial charge on any atom is -0.373 e. The van der Waals surface area contributed by atoms with E-state index in [4.69, 9.17) is 9.47 Å². The first-order valence-electron chi connectivity index (χ1n) is 7.63. The number of hydrogen-bond donors (Lipinski definition) is 0. The fraction of sp³-hybridized carbons (Fsp3) is 0.444. The Hall–Kier alpha value is -0.820. The zero-order valence-corrected chi connectivity index (χ0v) is 17.7. The molecule has 0 saturated carbocycles. The van der Waals surface area contributed by atoms with Crippen molar-refractivity contribution in [2.75, 3.05) is 7.11 Å². The van der Waals surface area contributed by atoms with E-state index in [2.05, 4.69) is 41.8 Å². The van der Waals surface area contributed by atoms with Crippen molar-refractivity contribution >= 4 is 31.9 Å². The van der Waals surface area contributed by atoms with Gasteiger partial charge in [-0.1, -0.05) is 6.07 Å². The maximum absolute atomic E-state index is 6.14. The molecule has 0 aliphatic carbocycles. The van der Waals surface area contributed by atoms with Crippen molar-refractivity contribution in [2.24, 2.45) is 0 Å². The van der Waals surface area contributed by atoms with Gasteiger partial charge in [-0.25, -0.2) is 9.97 Å². The number of hydrogen-bond acceptors (Lipinski definition) is 4. The molecule has 0 radical (unpaired) electrons. The Morgan fingerprint density at radius 2 is 1.58 bits per heavy atom. The Balaban J connectivity index is 2.20. The average Bonchev–Trinajstić information content (AvgIpc) is 2.52. The van der Waals surface area contributed by atoms with Crippen LogP contribution in [0.5, 0.6) is 0 Å². The van der Waals surface area contributed by atoms with E-state index in [1.807, 2.05) is 58.0 Å². The summed E-state index contributed by atoms with van der Waals surface area (Å²) in [5, 5.41) is 0. The van der Waals surface area contributed by atoms with Crippen LogP contribution in [0.1, 0.15) is 44.6 Å². The maximum atomic E-state index is 6.14. The third kappa shape index (κ3) is 4.85. The lowest BCUT2D eigenvalue weighted by Crippen LogP contribution is -2.24. The SMILES string of the molecule is COC(C)(C)c1cc(COC(C)(C)c2cccc(Br)n2)cc(Br)n1. The van der Waals surface area contributed by atoms with Crippen LogP contribution in [0.15, 0.2) is 39.5 Å². The molecule has 2 heterocycles. The Bertz CT molecular complexity index is 718. The summed E-state index contributed by atoms with van der Waals surface area (Å²) in [6, 6.07) is 9.80. The van der Waals surface area contributed by atoms with Gasteiger partial charge >= 0.3 is 0 Å². The van der Waals surface area contributed by atoms with Gasteiger partial charge in [0.05, 0.1) is 18.0 Å². The van der Waals surface area contributed by atoms with Gasteiger partial charge in [0, 0.05) is 7.11 Å². The number of nitrogens with zero attached hydrogens (tertiary/aromatic N) is 2. The highest BCUT2D eigenvalue weighted by atomic mass is 79.9. The molecule has 0 atom stereocenters. The van der Waals surface area contributed by atoms with E-state index in [-0.39, 0.29) is 0 Å². The normalized spacial score (nSPS) is 12.5. The second-order valence-electron chi connectivity index (χ2n) is 6.54. The van der Waals surface area contributed by atoms with Gasteiger partial charge in [-0.15, -0.1) is 0 Å². The van der Waals surface area contributed by atoms with Crippen molar-refractivity contribution < 1.29 is 9.47 Å². The molecule has 130 valence electrons. The molecule has 0 aromatic carbocycles. The average molecular weight is 458 g/mol. The summed E-state index contributed by atoms with van der Waals surface area (Å²) in [6.45, 7) is 8.45. The Morgan fingerprint density at radius 1 is 0.917 bits per heavy atom. The van der Waals surface area contributed by atoms with Crippen LogP contribution < -0.4 is 0 Å². The summed E-state index contributed by atoms with van der Waals surface area (Å²) in [5.41, 5.74) is 1.80. The molecule has 24 heavy (non-hydrogen) atoms.